The Labute approximate surface area is 198 Å². The van der Waals surface area contributed by atoms with Crippen molar-refractivity contribution in [3.63, 3.8) is 0 Å². The largest absolute Gasteiger partial charge is 0.351 e. The third-order valence-corrected chi connectivity index (χ3v) is 6.73. The number of nitrogens with one attached hydrogen (secondary N) is 2. The van der Waals surface area contributed by atoms with Gasteiger partial charge in [0, 0.05) is 53.6 Å². The second kappa shape index (κ2) is 7.55. The van der Waals surface area contributed by atoms with Gasteiger partial charge in [-0.3, -0.25) is 4.79 Å². The summed E-state index contributed by atoms with van der Waals surface area (Å²) in [6, 6.07) is 14.0. The first kappa shape index (κ1) is 20.7. The molecule has 172 valence electrons. The molecule has 1 amide bonds. The molecule has 0 bridgehead atoms. The van der Waals surface area contributed by atoms with Gasteiger partial charge < -0.3 is 15.2 Å². The van der Waals surface area contributed by atoms with Crippen LogP contribution in [0.1, 0.15) is 54.2 Å². The standard InChI is InChI=1S/C26H27N7O/c1-26(2)14-27-24(34)20-11-8-18(12-21(20)26)29-25-30-23(31-32(25)3)17-6-9-19(10-7-17)33-13-22(28-15-33)16-4-5-16/h6-13,15-16H,4-5,14H2,1-3H3,(H,27,34)(H,29,30,31). The number of aromatic nitrogens is 5. The van der Waals surface area contributed by atoms with E-state index in [0.29, 0.717) is 24.2 Å². The number of carbonyl (C=O) groups is 1. The van der Waals surface area contributed by atoms with Crippen molar-refractivity contribution in [1.29, 1.82) is 0 Å². The Morgan fingerprint density at radius 1 is 1.12 bits per heavy atom. The van der Waals surface area contributed by atoms with Crippen LogP contribution in [0.15, 0.2) is 55.0 Å². The van der Waals surface area contributed by atoms with E-state index in [-0.39, 0.29) is 11.3 Å². The van der Waals surface area contributed by atoms with Gasteiger partial charge in [-0.15, -0.1) is 5.10 Å². The monoisotopic (exact) mass is 453 g/mol. The van der Waals surface area contributed by atoms with E-state index in [4.69, 9.17) is 4.98 Å². The molecule has 4 aromatic rings. The zero-order chi connectivity index (χ0) is 23.4. The Kier molecular flexibility index (Phi) is 4.58. The zero-order valence-electron chi connectivity index (χ0n) is 19.5. The summed E-state index contributed by atoms with van der Waals surface area (Å²) in [6.45, 7) is 4.89. The first-order chi connectivity index (χ1) is 16.4. The van der Waals surface area contributed by atoms with Gasteiger partial charge in [0.2, 0.25) is 5.95 Å². The highest BCUT2D eigenvalue weighted by Crippen LogP contribution is 2.39. The lowest BCUT2D eigenvalue weighted by Crippen LogP contribution is -2.43. The van der Waals surface area contributed by atoms with Gasteiger partial charge in [-0.05, 0) is 60.9 Å². The van der Waals surface area contributed by atoms with Gasteiger partial charge in [0.25, 0.3) is 5.91 Å². The molecule has 2 aliphatic rings. The normalized spacial score (nSPS) is 16.7. The first-order valence-corrected chi connectivity index (χ1v) is 11.6. The van der Waals surface area contributed by atoms with Crippen LogP contribution in [-0.4, -0.2) is 36.8 Å². The summed E-state index contributed by atoms with van der Waals surface area (Å²) in [5.41, 5.74) is 5.69. The van der Waals surface area contributed by atoms with E-state index in [1.807, 2.05) is 43.7 Å². The average molecular weight is 454 g/mol. The van der Waals surface area contributed by atoms with E-state index in [1.54, 1.807) is 4.68 Å². The molecule has 0 atom stereocenters. The van der Waals surface area contributed by atoms with Crippen molar-refractivity contribution in [1.82, 2.24) is 29.6 Å². The van der Waals surface area contributed by atoms with E-state index in [2.05, 4.69) is 57.5 Å². The number of fused-ring (bicyclic) bond motifs is 1. The van der Waals surface area contributed by atoms with E-state index in [1.165, 1.54) is 18.5 Å². The quantitative estimate of drug-likeness (QED) is 0.470. The summed E-state index contributed by atoms with van der Waals surface area (Å²) < 4.78 is 3.80. The summed E-state index contributed by atoms with van der Waals surface area (Å²) in [6.07, 6.45) is 6.50. The molecule has 0 saturated heterocycles. The number of nitrogens with zero attached hydrogens (tertiary/aromatic N) is 5. The van der Waals surface area contributed by atoms with Crippen molar-refractivity contribution in [2.45, 2.75) is 38.0 Å². The van der Waals surface area contributed by atoms with Crippen LogP contribution < -0.4 is 10.6 Å². The van der Waals surface area contributed by atoms with Gasteiger partial charge in [-0.25, -0.2) is 9.67 Å². The summed E-state index contributed by atoms with van der Waals surface area (Å²) in [5, 5.41) is 10.9. The topological polar surface area (TPSA) is 89.7 Å². The summed E-state index contributed by atoms with van der Waals surface area (Å²) in [5.74, 6) is 1.91. The second-order valence-electron chi connectivity index (χ2n) is 9.86. The predicted octanol–water partition coefficient (Wildman–Crippen LogP) is 4.31. The van der Waals surface area contributed by atoms with Crippen molar-refractivity contribution in [2.75, 3.05) is 11.9 Å². The lowest BCUT2D eigenvalue weighted by molar-refractivity contribution is 0.0930. The minimum Gasteiger partial charge on any atom is -0.351 e. The minimum absolute atomic E-state index is 0.0234. The molecule has 8 heteroatoms. The van der Waals surface area contributed by atoms with Crippen molar-refractivity contribution in [2.24, 2.45) is 7.05 Å². The van der Waals surface area contributed by atoms with Crippen LogP contribution in [0.25, 0.3) is 17.1 Å². The van der Waals surface area contributed by atoms with E-state index >= 15 is 0 Å². The minimum atomic E-state index is -0.137. The average Bonchev–Trinajstić information content (AvgIpc) is 3.45. The van der Waals surface area contributed by atoms with Crippen LogP contribution in [-0.2, 0) is 12.5 Å². The molecule has 0 unspecified atom stereocenters. The van der Waals surface area contributed by atoms with E-state index in [0.717, 1.165) is 28.1 Å². The van der Waals surface area contributed by atoms with Crippen LogP contribution >= 0.6 is 0 Å². The maximum Gasteiger partial charge on any atom is 0.251 e. The molecule has 8 nitrogen and oxygen atoms in total. The molecule has 2 aromatic heterocycles. The summed E-state index contributed by atoms with van der Waals surface area (Å²) in [7, 11) is 1.87. The molecule has 0 spiro atoms. The van der Waals surface area contributed by atoms with Crippen LogP contribution in [0.5, 0.6) is 0 Å². The zero-order valence-corrected chi connectivity index (χ0v) is 19.5. The summed E-state index contributed by atoms with van der Waals surface area (Å²) in [4.78, 5) is 21.5. The SMILES string of the molecule is Cn1nc(-c2ccc(-n3cnc(C4CC4)c3)cc2)nc1Nc1ccc2c(c1)C(C)(C)CNC2=O. The molecule has 0 radical (unpaired) electrons. The Bertz CT molecular complexity index is 1390. The number of benzene rings is 2. The molecule has 1 saturated carbocycles. The number of hydrogen-bond acceptors (Lipinski definition) is 5. The molecule has 6 rings (SSSR count). The van der Waals surface area contributed by atoms with Crippen LogP contribution in [0.4, 0.5) is 11.6 Å². The fourth-order valence-electron chi connectivity index (χ4n) is 4.47. The molecule has 1 aliphatic carbocycles. The van der Waals surface area contributed by atoms with Crippen LogP contribution in [0, 0.1) is 0 Å². The molecule has 2 aromatic carbocycles. The fraction of sp³-hybridized carbons (Fsp3) is 0.308. The van der Waals surface area contributed by atoms with E-state index < -0.39 is 0 Å². The highest BCUT2D eigenvalue weighted by molar-refractivity contribution is 5.98. The van der Waals surface area contributed by atoms with Gasteiger partial charge >= 0.3 is 0 Å². The Balaban J connectivity index is 1.23. The number of imidazole rings is 1. The molecule has 34 heavy (non-hydrogen) atoms. The van der Waals surface area contributed by atoms with Crippen molar-refractivity contribution < 1.29 is 4.79 Å². The number of anilines is 2. The molecule has 1 fully saturated rings. The molecular formula is C26H27N7O. The number of aryl methyl sites for hydroxylation is 1. The maximum absolute atomic E-state index is 12.2. The van der Waals surface area contributed by atoms with Crippen molar-refractivity contribution in [3.8, 4) is 17.1 Å². The first-order valence-electron chi connectivity index (χ1n) is 11.6. The van der Waals surface area contributed by atoms with Gasteiger partial charge in [-0.2, -0.15) is 4.98 Å². The van der Waals surface area contributed by atoms with Crippen molar-refractivity contribution in [3.05, 3.63) is 71.8 Å². The van der Waals surface area contributed by atoms with Gasteiger partial charge in [0.1, 0.15) is 0 Å². The molecule has 1 aliphatic heterocycles. The Morgan fingerprint density at radius 2 is 1.91 bits per heavy atom. The number of carbonyl (C=O) groups excluding carboxylic acids is 1. The fourth-order valence-corrected chi connectivity index (χ4v) is 4.47. The van der Waals surface area contributed by atoms with E-state index in [9.17, 15) is 4.79 Å². The molecule has 3 heterocycles. The number of hydrogen-bond donors (Lipinski definition) is 2. The van der Waals surface area contributed by atoms with Gasteiger partial charge in [-0.1, -0.05) is 13.8 Å². The molecular weight excluding hydrogens is 426 g/mol. The highest BCUT2D eigenvalue weighted by Gasteiger charge is 2.31. The van der Waals surface area contributed by atoms with Gasteiger partial charge in [0.15, 0.2) is 5.82 Å². The number of rotatable bonds is 5. The third-order valence-electron chi connectivity index (χ3n) is 6.73. The smallest absolute Gasteiger partial charge is 0.251 e. The predicted molar refractivity (Wildman–Crippen MR) is 131 cm³/mol. The van der Waals surface area contributed by atoms with Crippen molar-refractivity contribution >= 4 is 17.5 Å². The number of amides is 1. The van der Waals surface area contributed by atoms with Crippen LogP contribution in [0.3, 0.4) is 0 Å². The lowest BCUT2D eigenvalue weighted by atomic mass is 9.79. The van der Waals surface area contributed by atoms with Gasteiger partial charge in [0.05, 0.1) is 12.0 Å². The van der Waals surface area contributed by atoms with Crippen LogP contribution in [0.2, 0.25) is 0 Å². The summed E-state index contributed by atoms with van der Waals surface area (Å²) >= 11 is 0. The maximum atomic E-state index is 12.2. The molecule has 2 N–H and O–H groups in total. The second-order valence-corrected chi connectivity index (χ2v) is 9.86. The third kappa shape index (κ3) is 3.65. The Hall–Kier alpha value is -3.94. The highest BCUT2D eigenvalue weighted by atomic mass is 16.1. The lowest BCUT2D eigenvalue weighted by Gasteiger charge is -2.32. The Morgan fingerprint density at radius 3 is 2.68 bits per heavy atom.